The quantitative estimate of drug-likeness (QED) is 0.212. The van der Waals surface area contributed by atoms with Gasteiger partial charge in [-0.3, -0.25) is 4.57 Å². The molecule has 0 spiro atoms. The summed E-state index contributed by atoms with van der Waals surface area (Å²) >= 11 is 1.23. The normalized spacial score (nSPS) is 11.6. The number of hydrogen-bond donors (Lipinski definition) is 0. The summed E-state index contributed by atoms with van der Waals surface area (Å²) in [5.74, 6) is 1.70. The van der Waals surface area contributed by atoms with E-state index in [1.807, 2.05) is 24.3 Å². The second kappa shape index (κ2) is 9.00. The van der Waals surface area contributed by atoms with Crippen LogP contribution in [0.2, 0.25) is 0 Å². The van der Waals surface area contributed by atoms with Crippen LogP contribution in [0.25, 0.3) is 71.8 Å². The lowest BCUT2D eigenvalue weighted by Gasteiger charge is -2.13. The van der Waals surface area contributed by atoms with E-state index in [2.05, 4.69) is 104 Å². The number of ether oxygens (including phenoxy) is 1. The molecular weight excluding hydrogens is 512 g/mol. The summed E-state index contributed by atoms with van der Waals surface area (Å²) < 4.78 is 16.8. The highest BCUT2D eigenvalue weighted by Crippen LogP contribution is 2.40. The third kappa shape index (κ3) is 3.43. The van der Waals surface area contributed by atoms with Gasteiger partial charge in [0.05, 0.1) is 29.9 Å². The molecule has 2 heterocycles. The molecule has 0 atom stereocenters. The molecule has 190 valence electrons. The van der Waals surface area contributed by atoms with Gasteiger partial charge in [0.2, 0.25) is 0 Å². The van der Waals surface area contributed by atoms with E-state index in [1.165, 1.54) is 22.5 Å². The maximum atomic E-state index is 5.35. The molecule has 0 fully saturated rings. The molecule has 0 radical (unpaired) electrons. The van der Waals surface area contributed by atoms with Crippen molar-refractivity contribution in [3.05, 3.63) is 115 Å². The van der Waals surface area contributed by atoms with Crippen molar-refractivity contribution in [3.63, 3.8) is 0 Å². The molecule has 0 aliphatic carbocycles. The Labute approximate surface area is 234 Å². The SMILES string of the molecule is COc1ccc(-c2ccc(-n3c(-c4cccc5nsnc45)nc4c5ccccc5c5ccccc5c43)cc2)cc1. The maximum absolute atomic E-state index is 5.35. The van der Waals surface area contributed by atoms with Crippen LogP contribution in [0.3, 0.4) is 0 Å². The first-order chi connectivity index (χ1) is 19.8. The monoisotopic (exact) mass is 534 g/mol. The van der Waals surface area contributed by atoms with Gasteiger partial charge in [0.25, 0.3) is 0 Å². The molecule has 2 aromatic heterocycles. The van der Waals surface area contributed by atoms with E-state index < -0.39 is 0 Å². The Kier molecular flexibility index (Phi) is 5.15. The lowest BCUT2D eigenvalue weighted by molar-refractivity contribution is 0.415. The molecule has 5 nitrogen and oxygen atoms in total. The summed E-state index contributed by atoms with van der Waals surface area (Å²) in [5, 5.41) is 4.71. The van der Waals surface area contributed by atoms with Gasteiger partial charge in [-0.25, -0.2) is 4.98 Å². The molecular formula is C34H22N4OS. The van der Waals surface area contributed by atoms with Gasteiger partial charge in [0, 0.05) is 22.0 Å². The summed E-state index contributed by atoms with van der Waals surface area (Å²) in [6, 6.07) is 40.1. The lowest BCUT2D eigenvalue weighted by atomic mass is 10.00. The van der Waals surface area contributed by atoms with Crippen molar-refractivity contribution >= 4 is 55.3 Å². The van der Waals surface area contributed by atoms with Crippen molar-refractivity contribution in [2.45, 2.75) is 0 Å². The van der Waals surface area contributed by atoms with Crippen LogP contribution in [-0.2, 0) is 0 Å². The minimum Gasteiger partial charge on any atom is -0.497 e. The molecule has 0 aliphatic rings. The van der Waals surface area contributed by atoms with Crippen LogP contribution < -0.4 is 4.74 Å². The number of hydrogen-bond acceptors (Lipinski definition) is 5. The summed E-state index contributed by atoms with van der Waals surface area (Å²) in [6.07, 6.45) is 0. The fourth-order valence-corrected chi connectivity index (χ4v) is 6.26. The van der Waals surface area contributed by atoms with Gasteiger partial charge in [0.1, 0.15) is 22.6 Å². The molecule has 40 heavy (non-hydrogen) atoms. The predicted octanol–water partition coefficient (Wildman–Crippen LogP) is 8.68. The van der Waals surface area contributed by atoms with Crippen LogP contribution >= 0.6 is 11.7 Å². The highest BCUT2D eigenvalue weighted by atomic mass is 32.1. The number of nitrogens with zero attached hydrogens (tertiary/aromatic N) is 4. The molecule has 8 aromatic rings. The molecule has 0 saturated heterocycles. The Morgan fingerprint density at radius 1 is 0.600 bits per heavy atom. The van der Waals surface area contributed by atoms with Crippen LogP contribution in [-0.4, -0.2) is 25.4 Å². The van der Waals surface area contributed by atoms with Gasteiger partial charge in [-0.05, 0) is 58.3 Å². The topological polar surface area (TPSA) is 52.8 Å². The maximum Gasteiger partial charge on any atom is 0.148 e. The van der Waals surface area contributed by atoms with Crippen molar-refractivity contribution in [3.8, 4) is 34.0 Å². The first-order valence-corrected chi connectivity index (χ1v) is 13.8. The molecule has 6 heteroatoms. The van der Waals surface area contributed by atoms with E-state index in [-0.39, 0.29) is 0 Å². The lowest BCUT2D eigenvalue weighted by Crippen LogP contribution is -1.99. The zero-order valence-electron chi connectivity index (χ0n) is 21.6. The van der Waals surface area contributed by atoms with E-state index >= 15 is 0 Å². The number of imidazole rings is 1. The Morgan fingerprint density at radius 2 is 1.25 bits per heavy atom. The van der Waals surface area contributed by atoms with Crippen LogP contribution in [0.1, 0.15) is 0 Å². The van der Waals surface area contributed by atoms with Gasteiger partial charge >= 0.3 is 0 Å². The van der Waals surface area contributed by atoms with Crippen molar-refractivity contribution in [1.82, 2.24) is 18.3 Å². The third-order valence-corrected chi connectivity index (χ3v) is 8.15. The van der Waals surface area contributed by atoms with Gasteiger partial charge in [-0.15, -0.1) is 0 Å². The van der Waals surface area contributed by atoms with Gasteiger partial charge in [-0.1, -0.05) is 78.9 Å². The van der Waals surface area contributed by atoms with Crippen molar-refractivity contribution in [2.24, 2.45) is 0 Å². The van der Waals surface area contributed by atoms with Crippen LogP contribution in [0.4, 0.5) is 0 Å². The molecule has 6 aromatic carbocycles. The second-order valence-corrected chi connectivity index (χ2v) is 10.3. The minimum atomic E-state index is 0.847. The fourth-order valence-electron chi connectivity index (χ4n) is 5.71. The molecule has 0 amide bonds. The van der Waals surface area contributed by atoms with Gasteiger partial charge < -0.3 is 4.74 Å². The zero-order chi connectivity index (χ0) is 26.6. The number of fused-ring (bicyclic) bond motifs is 7. The number of aromatic nitrogens is 4. The number of rotatable bonds is 4. The highest BCUT2D eigenvalue weighted by Gasteiger charge is 2.22. The Bertz CT molecular complexity index is 2200. The Balaban J connectivity index is 1.45. The first-order valence-electron chi connectivity index (χ1n) is 13.1. The minimum absolute atomic E-state index is 0.847. The van der Waals surface area contributed by atoms with E-state index in [4.69, 9.17) is 9.72 Å². The van der Waals surface area contributed by atoms with Crippen molar-refractivity contribution < 1.29 is 4.74 Å². The molecule has 0 aliphatic heterocycles. The van der Waals surface area contributed by atoms with Crippen LogP contribution in [0.5, 0.6) is 5.75 Å². The zero-order valence-corrected chi connectivity index (χ0v) is 22.4. The average Bonchev–Trinajstić information content (AvgIpc) is 3.67. The summed E-state index contributed by atoms with van der Waals surface area (Å²) in [7, 11) is 1.69. The van der Waals surface area contributed by atoms with E-state index in [0.717, 1.165) is 66.8 Å². The van der Waals surface area contributed by atoms with Crippen LogP contribution in [0.15, 0.2) is 115 Å². The molecule has 0 saturated carbocycles. The average molecular weight is 535 g/mol. The van der Waals surface area contributed by atoms with Crippen molar-refractivity contribution in [1.29, 1.82) is 0 Å². The van der Waals surface area contributed by atoms with E-state index in [9.17, 15) is 0 Å². The molecule has 0 N–H and O–H groups in total. The summed E-state index contributed by atoms with van der Waals surface area (Å²) in [4.78, 5) is 5.35. The molecule has 0 bridgehead atoms. The number of benzene rings is 6. The van der Waals surface area contributed by atoms with E-state index in [1.54, 1.807) is 7.11 Å². The highest BCUT2D eigenvalue weighted by molar-refractivity contribution is 7.00. The van der Waals surface area contributed by atoms with E-state index in [0.29, 0.717) is 0 Å². The number of methoxy groups -OCH3 is 1. The van der Waals surface area contributed by atoms with Crippen molar-refractivity contribution in [2.75, 3.05) is 7.11 Å². The fraction of sp³-hybridized carbons (Fsp3) is 0.0294. The first kappa shape index (κ1) is 22.9. The molecule has 0 unspecified atom stereocenters. The van der Waals surface area contributed by atoms with Gasteiger partial charge in [0.15, 0.2) is 0 Å². The van der Waals surface area contributed by atoms with Crippen LogP contribution in [0, 0.1) is 0 Å². The predicted molar refractivity (Wildman–Crippen MR) is 164 cm³/mol. The second-order valence-electron chi connectivity index (χ2n) is 9.77. The third-order valence-electron chi connectivity index (χ3n) is 7.61. The Hall–Kier alpha value is -5.07. The summed E-state index contributed by atoms with van der Waals surface area (Å²) in [5.41, 5.74) is 8.09. The van der Waals surface area contributed by atoms with Gasteiger partial charge in [-0.2, -0.15) is 8.75 Å². The smallest absolute Gasteiger partial charge is 0.148 e. The summed E-state index contributed by atoms with van der Waals surface area (Å²) in [6.45, 7) is 0. The Morgan fingerprint density at radius 3 is 1.98 bits per heavy atom. The largest absolute Gasteiger partial charge is 0.497 e. The standard InChI is InChI=1S/C34H22N4OS/c1-39-24-19-15-22(16-20-24)21-13-17-23(18-14-21)38-33-28-10-5-3-8-26(28)25-7-2-4-9-27(25)32(33)35-34(38)29-11-6-12-30-31(29)37-40-36-30/h2-20H,1H3. The molecule has 8 rings (SSSR count).